The van der Waals surface area contributed by atoms with Gasteiger partial charge in [-0.2, -0.15) is 0 Å². The average molecular weight is 346 g/mol. The van der Waals surface area contributed by atoms with Crippen molar-refractivity contribution < 1.29 is 4.79 Å². The number of nitrogens with zero attached hydrogens (tertiary/aromatic N) is 2. The second-order valence-corrected chi connectivity index (χ2v) is 6.85. The Morgan fingerprint density at radius 2 is 1.81 bits per heavy atom. The summed E-state index contributed by atoms with van der Waals surface area (Å²) in [5, 5.41) is 3.26. The van der Waals surface area contributed by atoms with Gasteiger partial charge >= 0.3 is 0 Å². The molecule has 26 heavy (non-hydrogen) atoms. The minimum atomic E-state index is -0.446. The number of aromatic amines is 1. The Labute approximate surface area is 152 Å². The molecule has 0 spiro atoms. The highest BCUT2D eigenvalue weighted by atomic mass is 16.1. The first-order valence-corrected chi connectivity index (χ1v) is 9.10. The highest BCUT2D eigenvalue weighted by Crippen LogP contribution is 2.36. The zero-order valence-corrected chi connectivity index (χ0v) is 14.6. The maximum absolute atomic E-state index is 12.8. The lowest BCUT2D eigenvalue weighted by atomic mass is 9.80. The number of nitrogens with one attached hydrogen (secondary N) is 2. The van der Waals surface area contributed by atoms with E-state index in [4.69, 9.17) is 0 Å². The first kappa shape index (κ1) is 16.5. The van der Waals surface area contributed by atoms with Crippen molar-refractivity contribution >= 4 is 5.91 Å². The van der Waals surface area contributed by atoms with Crippen LogP contribution in [0.2, 0.25) is 0 Å². The van der Waals surface area contributed by atoms with Gasteiger partial charge in [0.15, 0.2) is 0 Å². The lowest BCUT2D eigenvalue weighted by Crippen LogP contribution is -2.48. The lowest BCUT2D eigenvalue weighted by molar-refractivity contribution is 0.0858. The number of hydrogen-bond donors (Lipinski definition) is 2. The monoisotopic (exact) mass is 346 g/mol. The van der Waals surface area contributed by atoms with Crippen LogP contribution in [0.5, 0.6) is 0 Å². The molecule has 1 aromatic carbocycles. The number of rotatable bonds is 4. The number of pyridine rings is 1. The van der Waals surface area contributed by atoms with Crippen LogP contribution in [0.3, 0.4) is 0 Å². The molecular formula is C21H22N4O. The molecule has 0 bridgehead atoms. The SMILES string of the molecule is O=C(NC1(c2ncc(-c3ccccc3)[nH]2)CCCCC1)c1cccnc1. The number of aromatic nitrogens is 3. The molecule has 5 heteroatoms. The summed E-state index contributed by atoms with van der Waals surface area (Å²) in [6.45, 7) is 0. The van der Waals surface area contributed by atoms with Crippen molar-refractivity contribution in [3.05, 3.63) is 72.4 Å². The summed E-state index contributed by atoms with van der Waals surface area (Å²) in [4.78, 5) is 24.9. The van der Waals surface area contributed by atoms with Crippen molar-refractivity contribution in [1.82, 2.24) is 20.3 Å². The van der Waals surface area contributed by atoms with Crippen molar-refractivity contribution in [2.75, 3.05) is 0 Å². The summed E-state index contributed by atoms with van der Waals surface area (Å²) in [7, 11) is 0. The predicted molar refractivity (Wildman–Crippen MR) is 100 cm³/mol. The molecule has 2 heterocycles. The van der Waals surface area contributed by atoms with E-state index in [2.05, 4.69) is 32.4 Å². The minimum Gasteiger partial charge on any atom is -0.340 e. The first-order chi connectivity index (χ1) is 12.8. The van der Waals surface area contributed by atoms with E-state index in [1.54, 1.807) is 24.5 Å². The molecule has 1 fully saturated rings. The molecule has 2 N–H and O–H groups in total. The molecule has 2 aromatic heterocycles. The van der Waals surface area contributed by atoms with Crippen LogP contribution >= 0.6 is 0 Å². The number of H-pyrrole nitrogens is 1. The van der Waals surface area contributed by atoms with Crippen LogP contribution in [-0.2, 0) is 5.54 Å². The summed E-state index contributed by atoms with van der Waals surface area (Å²) in [6, 6.07) is 13.7. The number of carbonyl (C=O) groups is 1. The van der Waals surface area contributed by atoms with Gasteiger partial charge in [0.1, 0.15) is 5.82 Å². The normalized spacial score (nSPS) is 16.2. The summed E-state index contributed by atoms with van der Waals surface area (Å²) in [5.74, 6) is 0.742. The average Bonchev–Trinajstić information content (AvgIpc) is 3.21. The quantitative estimate of drug-likeness (QED) is 0.748. The number of amides is 1. The molecule has 1 aliphatic rings. The Morgan fingerprint density at radius 1 is 1.00 bits per heavy atom. The fourth-order valence-corrected chi connectivity index (χ4v) is 3.69. The largest absolute Gasteiger partial charge is 0.340 e. The standard InChI is InChI=1S/C21H22N4O/c26-19(17-10-7-13-22-14-17)25-21(11-5-2-6-12-21)20-23-15-18(24-20)16-8-3-1-4-9-16/h1,3-4,7-10,13-15H,2,5-6,11-12H2,(H,23,24)(H,25,26). The molecular weight excluding hydrogens is 324 g/mol. The van der Waals surface area contributed by atoms with Gasteiger partial charge in [-0.3, -0.25) is 9.78 Å². The third-order valence-corrected chi connectivity index (χ3v) is 5.10. The van der Waals surface area contributed by atoms with E-state index < -0.39 is 5.54 Å². The van der Waals surface area contributed by atoms with E-state index in [1.165, 1.54) is 6.42 Å². The molecule has 4 rings (SSSR count). The minimum absolute atomic E-state index is 0.0994. The van der Waals surface area contributed by atoms with Gasteiger partial charge < -0.3 is 10.3 Å². The van der Waals surface area contributed by atoms with Crippen LogP contribution in [0, 0.1) is 0 Å². The molecule has 1 saturated carbocycles. The smallest absolute Gasteiger partial charge is 0.253 e. The van der Waals surface area contributed by atoms with Crippen molar-refractivity contribution in [3.63, 3.8) is 0 Å². The van der Waals surface area contributed by atoms with Crippen LogP contribution in [0.1, 0.15) is 48.3 Å². The van der Waals surface area contributed by atoms with E-state index in [0.717, 1.165) is 42.8 Å². The number of carbonyl (C=O) groups excluding carboxylic acids is 1. The molecule has 0 atom stereocenters. The summed E-state index contributed by atoms with van der Waals surface area (Å²) >= 11 is 0. The summed E-state index contributed by atoms with van der Waals surface area (Å²) < 4.78 is 0. The van der Waals surface area contributed by atoms with E-state index in [-0.39, 0.29) is 5.91 Å². The Kier molecular flexibility index (Phi) is 4.52. The van der Waals surface area contributed by atoms with Crippen LogP contribution in [-0.4, -0.2) is 20.9 Å². The van der Waals surface area contributed by atoms with Crippen molar-refractivity contribution in [2.45, 2.75) is 37.6 Å². The molecule has 3 aromatic rings. The highest BCUT2D eigenvalue weighted by molar-refractivity contribution is 5.94. The zero-order valence-electron chi connectivity index (χ0n) is 14.6. The first-order valence-electron chi connectivity index (χ1n) is 9.10. The molecule has 0 radical (unpaired) electrons. The summed E-state index contributed by atoms with van der Waals surface area (Å²) in [6.07, 6.45) is 10.3. The van der Waals surface area contributed by atoms with E-state index >= 15 is 0 Å². The molecule has 0 unspecified atom stereocenters. The van der Waals surface area contributed by atoms with Crippen molar-refractivity contribution in [2.24, 2.45) is 0 Å². The van der Waals surface area contributed by atoms with E-state index in [1.807, 2.05) is 24.4 Å². The lowest BCUT2D eigenvalue weighted by Gasteiger charge is -2.36. The van der Waals surface area contributed by atoms with Gasteiger partial charge in [-0.05, 0) is 30.5 Å². The van der Waals surface area contributed by atoms with E-state index in [0.29, 0.717) is 5.56 Å². The highest BCUT2D eigenvalue weighted by Gasteiger charge is 2.38. The molecule has 1 amide bonds. The fraction of sp³-hybridized carbons (Fsp3) is 0.286. The Hall–Kier alpha value is -2.95. The van der Waals surface area contributed by atoms with Crippen LogP contribution in [0.4, 0.5) is 0 Å². The summed E-state index contributed by atoms with van der Waals surface area (Å²) in [5.41, 5.74) is 2.20. The molecule has 5 nitrogen and oxygen atoms in total. The second-order valence-electron chi connectivity index (χ2n) is 6.85. The fourth-order valence-electron chi connectivity index (χ4n) is 3.69. The number of imidazole rings is 1. The third kappa shape index (κ3) is 3.25. The van der Waals surface area contributed by atoms with Crippen LogP contribution in [0.25, 0.3) is 11.3 Å². The molecule has 132 valence electrons. The topological polar surface area (TPSA) is 70.7 Å². The maximum atomic E-state index is 12.8. The Morgan fingerprint density at radius 3 is 2.54 bits per heavy atom. The Balaban J connectivity index is 1.65. The number of benzene rings is 1. The van der Waals surface area contributed by atoms with E-state index in [9.17, 15) is 4.79 Å². The van der Waals surface area contributed by atoms with Gasteiger partial charge in [0.05, 0.1) is 23.0 Å². The van der Waals surface area contributed by atoms with Gasteiger partial charge in [0.2, 0.25) is 0 Å². The van der Waals surface area contributed by atoms with Gasteiger partial charge in [0, 0.05) is 12.4 Å². The third-order valence-electron chi connectivity index (χ3n) is 5.10. The molecule has 0 aliphatic heterocycles. The zero-order chi connectivity index (χ0) is 17.8. The molecule has 1 aliphatic carbocycles. The Bertz CT molecular complexity index is 867. The van der Waals surface area contributed by atoms with Crippen molar-refractivity contribution in [3.8, 4) is 11.3 Å². The predicted octanol–water partition coefficient (Wildman–Crippen LogP) is 4.06. The van der Waals surface area contributed by atoms with Crippen LogP contribution < -0.4 is 5.32 Å². The van der Waals surface area contributed by atoms with Crippen LogP contribution in [0.15, 0.2) is 61.1 Å². The van der Waals surface area contributed by atoms with Gasteiger partial charge in [0.25, 0.3) is 5.91 Å². The number of hydrogen-bond acceptors (Lipinski definition) is 3. The second kappa shape index (κ2) is 7.12. The van der Waals surface area contributed by atoms with Gasteiger partial charge in [-0.1, -0.05) is 49.6 Å². The van der Waals surface area contributed by atoms with Gasteiger partial charge in [-0.15, -0.1) is 0 Å². The maximum Gasteiger partial charge on any atom is 0.253 e. The van der Waals surface area contributed by atoms with Gasteiger partial charge in [-0.25, -0.2) is 4.98 Å². The molecule has 0 saturated heterocycles. The van der Waals surface area contributed by atoms with Crippen molar-refractivity contribution in [1.29, 1.82) is 0 Å².